The molecule has 0 bridgehead atoms. The van der Waals surface area contributed by atoms with Crippen molar-refractivity contribution in [2.75, 3.05) is 19.0 Å². The normalized spacial score (nSPS) is 13.4. The molecule has 1 amide bonds. The summed E-state index contributed by atoms with van der Waals surface area (Å²) in [6, 6.07) is 11.8. The standard InChI is InChI=1S/C22H31NO3/c1-5-7-15-22(3,25-4)21(24)23-19-13-14-20(26-16-8-6-2)18-12-10-9-11-17(18)19/h9-14H,5-8,15-16H2,1-4H3,(H,23,24)/t22-/m1/s1. The summed E-state index contributed by atoms with van der Waals surface area (Å²) in [5, 5.41) is 5.04. The van der Waals surface area contributed by atoms with Crippen molar-refractivity contribution in [1.82, 2.24) is 0 Å². The van der Waals surface area contributed by atoms with E-state index < -0.39 is 5.60 Å². The van der Waals surface area contributed by atoms with Gasteiger partial charge in [-0.2, -0.15) is 0 Å². The van der Waals surface area contributed by atoms with E-state index in [0.29, 0.717) is 13.0 Å². The first-order chi connectivity index (χ1) is 12.6. The fourth-order valence-corrected chi connectivity index (χ4v) is 2.91. The zero-order chi connectivity index (χ0) is 19.0. The number of rotatable bonds is 10. The van der Waals surface area contributed by atoms with Crippen LogP contribution in [-0.4, -0.2) is 25.2 Å². The van der Waals surface area contributed by atoms with E-state index in [2.05, 4.69) is 19.2 Å². The van der Waals surface area contributed by atoms with E-state index in [1.807, 2.05) is 43.3 Å². The monoisotopic (exact) mass is 357 g/mol. The van der Waals surface area contributed by atoms with E-state index in [-0.39, 0.29) is 5.91 Å². The van der Waals surface area contributed by atoms with Crippen molar-refractivity contribution in [2.45, 2.75) is 58.5 Å². The predicted molar refractivity (Wildman–Crippen MR) is 108 cm³/mol. The number of ether oxygens (including phenoxy) is 2. The molecule has 4 nitrogen and oxygen atoms in total. The molecule has 26 heavy (non-hydrogen) atoms. The van der Waals surface area contributed by atoms with Gasteiger partial charge in [0, 0.05) is 23.6 Å². The van der Waals surface area contributed by atoms with Gasteiger partial charge >= 0.3 is 0 Å². The zero-order valence-corrected chi connectivity index (χ0v) is 16.4. The minimum atomic E-state index is -0.826. The number of fused-ring (bicyclic) bond motifs is 1. The Morgan fingerprint density at radius 2 is 1.73 bits per heavy atom. The lowest BCUT2D eigenvalue weighted by molar-refractivity contribution is -0.136. The first-order valence-corrected chi connectivity index (χ1v) is 9.57. The third-order valence-corrected chi connectivity index (χ3v) is 4.83. The molecule has 0 spiro atoms. The molecule has 0 radical (unpaired) electrons. The van der Waals surface area contributed by atoms with Gasteiger partial charge in [-0.25, -0.2) is 0 Å². The lowest BCUT2D eigenvalue weighted by Gasteiger charge is -2.27. The second kappa shape index (κ2) is 9.58. The highest BCUT2D eigenvalue weighted by molar-refractivity contribution is 6.06. The number of unbranched alkanes of at least 4 members (excludes halogenated alkanes) is 2. The Balaban J connectivity index is 2.27. The predicted octanol–water partition coefficient (Wildman–Crippen LogP) is 5.55. The number of hydrogen-bond acceptors (Lipinski definition) is 3. The van der Waals surface area contributed by atoms with E-state index in [4.69, 9.17) is 9.47 Å². The molecule has 0 fully saturated rings. The lowest BCUT2D eigenvalue weighted by Crippen LogP contribution is -2.42. The zero-order valence-electron chi connectivity index (χ0n) is 16.4. The number of benzene rings is 2. The molecule has 142 valence electrons. The Morgan fingerprint density at radius 3 is 2.38 bits per heavy atom. The SMILES string of the molecule is CCCCOc1ccc(NC(=O)[C@@](C)(CCCC)OC)c2ccccc12. The number of carbonyl (C=O) groups excluding carboxylic acids is 1. The second-order valence-corrected chi connectivity index (χ2v) is 6.85. The Labute approximate surface area is 156 Å². The van der Waals surface area contributed by atoms with Crippen LogP contribution in [0.2, 0.25) is 0 Å². The van der Waals surface area contributed by atoms with Gasteiger partial charge in [-0.3, -0.25) is 4.79 Å². The van der Waals surface area contributed by atoms with Gasteiger partial charge in [-0.1, -0.05) is 57.4 Å². The molecular formula is C22H31NO3. The van der Waals surface area contributed by atoms with Crippen molar-refractivity contribution >= 4 is 22.4 Å². The summed E-state index contributed by atoms with van der Waals surface area (Å²) in [5.74, 6) is 0.741. The van der Waals surface area contributed by atoms with Crippen LogP contribution in [0.25, 0.3) is 10.8 Å². The maximum absolute atomic E-state index is 12.8. The highest BCUT2D eigenvalue weighted by atomic mass is 16.5. The first-order valence-electron chi connectivity index (χ1n) is 9.57. The lowest BCUT2D eigenvalue weighted by atomic mass is 9.97. The molecule has 0 unspecified atom stereocenters. The van der Waals surface area contributed by atoms with Crippen molar-refractivity contribution in [3.05, 3.63) is 36.4 Å². The van der Waals surface area contributed by atoms with Crippen LogP contribution in [-0.2, 0) is 9.53 Å². The smallest absolute Gasteiger partial charge is 0.256 e. The molecule has 0 aliphatic rings. The van der Waals surface area contributed by atoms with Gasteiger partial charge in [0.25, 0.3) is 5.91 Å². The van der Waals surface area contributed by atoms with Gasteiger partial charge in [0.1, 0.15) is 11.4 Å². The van der Waals surface area contributed by atoms with Crippen LogP contribution in [0, 0.1) is 0 Å². The number of hydrogen-bond donors (Lipinski definition) is 1. The number of methoxy groups -OCH3 is 1. The van der Waals surface area contributed by atoms with Crippen LogP contribution in [0.3, 0.4) is 0 Å². The maximum Gasteiger partial charge on any atom is 0.256 e. The van der Waals surface area contributed by atoms with Crippen molar-refractivity contribution in [3.63, 3.8) is 0 Å². The van der Waals surface area contributed by atoms with Gasteiger partial charge in [-0.15, -0.1) is 0 Å². The molecule has 1 N–H and O–H groups in total. The highest BCUT2D eigenvalue weighted by Gasteiger charge is 2.32. The van der Waals surface area contributed by atoms with Crippen LogP contribution in [0.1, 0.15) is 52.9 Å². The Bertz CT molecular complexity index is 728. The fourth-order valence-electron chi connectivity index (χ4n) is 2.91. The Hall–Kier alpha value is -2.07. The highest BCUT2D eigenvalue weighted by Crippen LogP contribution is 2.32. The van der Waals surface area contributed by atoms with E-state index in [9.17, 15) is 4.79 Å². The molecule has 0 heterocycles. The fraction of sp³-hybridized carbons (Fsp3) is 0.500. The molecule has 2 aromatic carbocycles. The van der Waals surface area contributed by atoms with E-state index >= 15 is 0 Å². The average Bonchev–Trinajstić information content (AvgIpc) is 2.67. The van der Waals surface area contributed by atoms with Crippen LogP contribution < -0.4 is 10.1 Å². The van der Waals surface area contributed by atoms with E-state index in [1.54, 1.807) is 7.11 Å². The summed E-state index contributed by atoms with van der Waals surface area (Å²) in [7, 11) is 1.60. The molecule has 0 saturated carbocycles. The molecule has 0 aliphatic carbocycles. The minimum absolute atomic E-state index is 0.113. The van der Waals surface area contributed by atoms with Crippen molar-refractivity contribution in [2.24, 2.45) is 0 Å². The van der Waals surface area contributed by atoms with Gasteiger partial charge in [0.05, 0.1) is 6.61 Å². The molecular weight excluding hydrogens is 326 g/mol. The Morgan fingerprint density at radius 1 is 1.04 bits per heavy atom. The molecule has 0 aliphatic heterocycles. The van der Waals surface area contributed by atoms with Gasteiger partial charge in [-0.05, 0) is 31.9 Å². The summed E-state index contributed by atoms with van der Waals surface area (Å²) in [5.41, 5.74) is -0.0406. The van der Waals surface area contributed by atoms with E-state index in [0.717, 1.165) is 47.9 Å². The number of carbonyl (C=O) groups is 1. The summed E-state index contributed by atoms with van der Waals surface area (Å²) in [6.45, 7) is 6.80. The van der Waals surface area contributed by atoms with E-state index in [1.165, 1.54) is 0 Å². The van der Waals surface area contributed by atoms with Crippen molar-refractivity contribution < 1.29 is 14.3 Å². The molecule has 0 aromatic heterocycles. The van der Waals surface area contributed by atoms with Gasteiger partial charge in [0.15, 0.2) is 0 Å². The molecule has 4 heteroatoms. The summed E-state index contributed by atoms with van der Waals surface area (Å²) < 4.78 is 11.5. The van der Waals surface area contributed by atoms with Crippen LogP contribution in [0.5, 0.6) is 5.75 Å². The van der Waals surface area contributed by atoms with Crippen molar-refractivity contribution in [3.8, 4) is 5.75 Å². The first kappa shape index (κ1) is 20.2. The van der Waals surface area contributed by atoms with Gasteiger partial charge in [0.2, 0.25) is 0 Å². The maximum atomic E-state index is 12.8. The quantitative estimate of drug-likeness (QED) is 0.567. The number of nitrogens with one attached hydrogen (secondary N) is 1. The van der Waals surface area contributed by atoms with Gasteiger partial charge < -0.3 is 14.8 Å². The molecule has 1 atom stereocenters. The van der Waals surface area contributed by atoms with Crippen LogP contribution in [0.4, 0.5) is 5.69 Å². The third kappa shape index (κ3) is 4.76. The van der Waals surface area contributed by atoms with Crippen LogP contribution >= 0.6 is 0 Å². The second-order valence-electron chi connectivity index (χ2n) is 6.85. The summed E-state index contributed by atoms with van der Waals surface area (Å²) in [4.78, 5) is 12.8. The summed E-state index contributed by atoms with van der Waals surface area (Å²) in [6.07, 6.45) is 4.79. The number of anilines is 1. The molecule has 0 saturated heterocycles. The minimum Gasteiger partial charge on any atom is -0.493 e. The molecule has 2 aromatic rings. The summed E-state index contributed by atoms with van der Waals surface area (Å²) >= 11 is 0. The topological polar surface area (TPSA) is 47.6 Å². The largest absolute Gasteiger partial charge is 0.493 e. The Kier molecular flexibility index (Phi) is 7.46. The average molecular weight is 357 g/mol. The molecule has 2 rings (SSSR count). The number of amides is 1. The van der Waals surface area contributed by atoms with Crippen molar-refractivity contribution in [1.29, 1.82) is 0 Å². The third-order valence-electron chi connectivity index (χ3n) is 4.83. The van der Waals surface area contributed by atoms with Crippen LogP contribution in [0.15, 0.2) is 36.4 Å².